The van der Waals surface area contributed by atoms with Gasteiger partial charge in [0, 0.05) is 29.3 Å². The summed E-state index contributed by atoms with van der Waals surface area (Å²) in [5, 5.41) is 10.1. The molecule has 1 aromatic carbocycles. The van der Waals surface area contributed by atoms with Crippen LogP contribution in [0.25, 0.3) is 11.0 Å². The number of nitrogens with zero attached hydrogens (tertiary/aromatic N) is 4. The second-order valence-electron chi connectivity index (χ2n) is 6.35. The summed E-state index contributed by atoms with van der Waals surface area (Å²) >= 11 is 3.43. The summed E-state index contributed by atoms with van der Waals surface area (Å²) in [5.41, 5.74) is 8.52. The lowest BCUT2D eigenvalue weighted by molar-refractivity contribution is 0.340. The molecular formula is C18H17BrN6. The first kappa shape index (κ1) is 16.1. The van der Waals surface area contributed by atoms with E-state index in [0.717, 1.165) is 41.4 Å². The molecule has 1 fully saturated rings. The Bertz CT molecular complexity index is 951. The number of anilines is 1. The number of aromatic nitrogens is 3. The molecule has 0 spiro atoms. The molecule has 2 aromatic heterocycles. The predicted molar refractivity (Wildman–Crippen MR) is 100 cm³/mol. The molecule has 6 nitrogen and oxygen atoms in total. The van der Waals surface area contributed by atoms with Gasteiger partial charge in [-0.1, -0.05) is 30.3 Å². The highest BCUT2D eigenvalue weighted by atomic mass is 79.9. The number of fused-ring (bicyclic) bond motifs is 1. The lowest BCUT2D eigenvalue weighted by atomic mass is 9.82. The van der Waals surface area contributed by atoms with Crippen LogP contribution in [0, 0.1) is 11.3 Å². The lowest BCUT2D eigenvalue weighted by Gasteiger charge is -2.39. The summed E-state index contributed by atoms with van der Waals surface area (Å²) in [6, 6.07) is 12.4. The molecule has 0 unspecified atom stereocenters. The molecule has 0 saturated carbocycles. The SMILES string of the molecule is N#Cc1nc(N2CCC(N)(c3ccccc3)CC2)nc2[nH]cc(Br)c12. The highest BCUT2D eigenvalue weighted by Gasteiger charge is 2.33. The van der Waals surface area contributed by atoms with Crippen LogP contribution in [0.15, 0.2) is 41.0 Å². The Kier molecular flexibility index (Phi) is 3.94. The summed E-state index contributed by atoms with van der Waals surface area (Å²) < 4.78 is 0.800. The van der Waals surface area contributed by atoms with E-state index < -0.39 is 0 Å². The molecule has 1 saturated heterocycles. The summed E-state index contributed by atoms with van der Waals surface area (Å²) in [7, 11) is 0. The van der Waals surface area contributed by atoms with E-state index in [1.165, 1.54) is 0 Å². The number of aromatic amines is 1. The van der Waals surface area contributed by atoms with Crippen molar-refractivity contribution >= 4 is 32.9 Å². The molecule has 0 aliphatic carbocycles. The lowest BCUT2D eigenvalue weighted by Crippen LogP contribution is -2.48. The average Bonchev–Trinajstić information content (AvgIpc) is 3.03. The number of nitrogens with one attached hydrogen (secondary N) is 1. The number of H-pyrrole nitrogens is 1. The molecule has 0 atom stereocenters. The number of rotatable bonds is 2. The smallest absolute Gasteiger partial charge is 0.228 e. The molecule has 0 amide bonds. The molecule has 3 heterocycles. The fourth-order valence-corrected chi connectivity index (χ4v) is 3.86. The Balaban J connectivity index is 1.61. The summed E-state index contributed by atoms with van der Waals surface area (Å²) in [6.07, 6.45) is 3.41. The highest BCUT2D eigenvalue weighted by molar-refractivity contribution is 9.10. The summed E-state index contributed by atoms with van der Waals surface area (Å²) in [6.45, 7) is 1.51. The number of hydrogen-bond donors (Lipinski definition) is 2. The quantitative estimate of drug-likeness (QED) is 0.693. The van der Waals surface area contributed by atoms with Crippen molar-refractivity contribution in [3.63, 3.8) is 0 Å². The Labute approximate surface area is 153 Å². The third kappa shape index (κ3) is 2.77. The van der Waals surface area contributed by atoms with Gasteiger partial charge in [-0.2, -0.15) is 10.2 Å². The second-order valence-corrected chi connectivity index (χ2v) is 7.21. The fourth-order valence-electron chi connectivity index (χ4n) is 3.37. The molecule has 0 bridgehead atoms. The van der Waals surface area contributed by atoms with Crippen LogP contribution in [0.4, 0.5) is 5.95 Å². The van der Waals surface area contributed by atoms with Crippen LogP contribution in [-0.4, -0.2) is 28.0 Å². The Morgan fingerprint density at radius 3 is 2.60 bits per heavy atom. The Morgan fingerprint density at radius 1 is 1.20 bits per heavy atom. The van der Waals surface area contributed by atoms with E-state index in [2.05, 4.69) is 54.0 Å². The zero-order valence-electron chi connectivity index (χ0n) is 13.5. The van der Waals surface area contributed by atoms with Crippen LogP contribution in [-0.2, 0) is 5.54 Å². The highest BCUT2D eigenvalue weighted by Crippen LogP contribution is 2.32. The van der Waals surface area contributed by atoms with Gasteiger partial charge < -0.3 is 15.6 Å². The van der Waals surface area contributed by atoms with Gasteiger partial charge in [-0.05, 0) is 34.3 Å². The first-order chi connectivity index (χ1) is 12.1. The molecule has 1 aliphatic rings. The zero-order valence-corrected chi connectivity index (χ0v) is 15.1. The zero-order chi connectivity index (χ0) is 17.4. The van der Waals surface area contributed by atoms with Crippen molar-refractivity contribution in [3.8, 4) is 6.07 Å². The number of nitriles is 1. The third-order valence-electron chi connectivity index (χ3n) is 4.86. The predicted octanol–water partition coefficient (Wildman–Crippen LogP) is 3.05. The number of piperidine rings is 1. The molecule has 3 aromatic rings. The average molecular weight is 397 g/mol. The molecular weight excluding hydrogens is 380 g/mol. The first-order valence-corrected chi connectivity index (χ1v) is 8.94. The van der Waals surface area contributed by atoms with Gasteiger partial charge in [0.15, 0.2) is 5.69 Å². The fraction of sp³-hybridized carbons (Fsp3) is 0.278. The minimum atomic E-state index is -0.324. The van der Waals surface area contributed by atoms with Crippen LogP contribution in [0.3, 0.4) is 0 Å². The minimum Gasteiger partial charge on any atom is -0.345 e. The molecule has 126 valence electrons. The van der Waals surface area contributed by atoms with Crippen LogP contribution in [0.1, 0.15) is 24.1 Å². The van der Waals surface area contributed by atoms with Crippen molar-refractivity contribution in [1.82, 2.24) is 15.0 Å². The monoisotopic (exact) mass is 396 g/mol. The molecule has 3 N–H and O–H groups in total. The van der Waals surface area contributed by atoms with E-state index in [9.17, 15) is 5.26 Å². The van der Waals surface area contributed by atoms with Gasteiger partial charge in [0.2, 0.25) is 5.95 Å². The Hall–Kier alpha value is -2.43. The van der Waals surface area contributed by atoms with Crippen LogP contribution in [0.5, 0.6) is 0 Å². The van der Waals surface area contributed by atoms with E-state index in [-0.39, 0.29) is 5.54 Å². The van der Waals surface area contributed by atoms with Gasteiger partial charge in [0.05, 0.1) is 5.39 Å². The molecule has 0 radical (unpaired) electrons. The maximum Gasteiger partial charge on any atom is 0.228 e. The van der Waals surface area contributed by atoms with Crippen molar-refractivity contribution in [1.29, 1.82) is 5.26 Å². The largest absolute Gasteiger partial charge is 0.345 e. The standard InChI is InChI=1S/C18H17BrN6/c19-13-11-22-16-15(13)14(10-20)23-17(24-16)25-8-6-18(21,7-9-25)12-4-2-1-3-5-12/h1-5,11H,6-9,21H2,(H,22,23,24). The van der Waals surface area contributed by atoms with Gasteiger partial charge in [0.1, 0.15) is 11.7 Å². The van der Waals surface area contributed by atoms with Crippen LogP contribution >= 0.6 is 15.9 Å². The van der Waals surface area contributed by atoms with Crippen molar-refractivity contribution < 1.29 is 0 Å². The molecule has 25 heavy (non-hydrogen) atoms. The number of benzene rings is 1. The minimum absolute atomic E-state index is 0.324. The van der Waals surface area contributed by atoms with Crippen LogP contribution in [0.2, 0.25) is 0 Å². The Morgan fingerprint density at radius 2 is 1.92 bits per heavy atom. The van der Waals surface area contributed by atoms with Gasteiger partial charge >= 0.3 is 0 Å². The second kappa shape index (κ2) is 6.14. The molecule has 7 heteroatoms. The van der Waals surface area contributed by atoms with Crippen LogP contribution < -0.4 is 10.6 Å². The van der Waals surface area contributed by atoms with E-state index in [1.807, 2.05) is 18.2 Å². The maximum atomic E-state index is 9.42. The van der Waals surface area contributed by atoms with Crippen molar-refractivity contribution in [2.24, 2.45) is 5.73 Å². The molecule has 4 rings (SSSR count). The first-order valence-electron chi connectivity index (χ1n) is 8.15. The third-order valence-corrected chi connectivity index (χ3v) is 5.49. The topological polar surface area (TPSA) is 94.6 Å². The van der Waals surface area contributed by atoms with Gasteiger partial charge in [-0.3, -0.25) is 0 Å². The maximum absolute atomic E-state index is 9.42. The van der Waals surface area contributed by atoms with E-state index in [0.29, 0.717) is 17.3 Å². The summed E-state index contributed by atoms with van der Waals surface area (Å²) in [4.78, 5) is 14.2. The van der Waals surface area contributed by atoms with E-state index in [4.69, 9.17) is 5.73 Å². The molecule has 1 aliphatic heterocycles. The number of nitrogens with two attached hydrogens (primary N) is 1. The van der Waals surface area contributed by atoms with Gasteiger partial charge in [-0.15, -0.1) is 0 Å². The van der Waals surface area contributed by atoms with E-state index >= 15 is 0 Å². The number of hydrogen-bond acceptors (Lipinski definition) is 5. The summed E-state index contributed by atoms with van der Waals surface area (Å²) in [5.74, 6) is 0.577. The van der Waals surface area contributed by atoms with Gasteiger partial charge in [-0.25, -0.2) is 4.98 Å². The normalized spacial score (nSPS) is 16.8. The van der Waals surface area contributed by atoms with Gasteiger partial charge in [0.25, 0.3) is 0 Å². The van der Waals surface area contributed by atoms with Crippen molar-refractivity contribution in [2.75, 3.05) is 18.0 Å². The van der Waals surface area contributed by atoms with Crippen molar-refractivity contribution in [3.05, 3.63) is 52.3 Å². The van der Waals surface area contributed by atoms with E-state index in [1.54, 1.807) is 6.20 Å². The van der Waals surface area contributed by atoms with Crippen molar-refractivity contribution in [2.45, 2.75) is 18.4 Å². The number of halogens is 1.